The average Bonchev–Trinajstić information content (AvgIpc) is 2.46. The van der Waals surface area contributed by atoms with Gasteiger partial charge < -0.3 is 4.90 Å². The summed E-state index contributed by atoms with van der Waals surface area (Å²) in [5, 5.41) is 8.07. The van der Waals surface area contributed by atoms with Crippen LogP contribution in [0, 0.1) is 5.82 Å². The molecular formula is C16H19BFN3. The van der Waals surface area contributed by atoms with Crippen molar-refractivity contribution in [3.8, 4) is 0 Å². The minimum absolute atomic E-state index is 0.260. The van der Waals surface area contributed by atoms with Crippen molar-refractivity contribution in [3.05, 3.63) is 48.3 Å². The van der Waals surface area contributed by atoms with Crippen LogP contribution in [0.4, 0.5) is 21.5 Å². The Bertz CT molecular complexity index is 636. The molecule has 0 N–H and O–H groups in total. The van der Waals surface area contributed by atoms with Gasteiger partial charge in [0.15, 0.2) is 6.71 Å². The minimum atomic E-state index is -0.338. The first kappa shape index (κ1) is 15.2. The number of azo groups is 1. The van der Waals surface area contributed by atoms with Crippen molar-refractivity contribution in [2.75, 3.05) is 19.0 Å². The van der Waals surface area contributed by atoms with Gasteiger partial charge in [-0.1, -0.05) is 25.2 Å². The number of anilines is 1. The summed E-state index contributed by atoms with van der Waals surface area (Å²) in [6, 6.07) is 12.7. The lowest BCUT2D eigenvalue weighted by Gasteiger charge is -2.11. The third-order valence-electron chi connectivity index (χ3n) is 3.28. The number of halogens is 1. The molecule has 0 aliphatic rings. The summed E-state index contributed by atoms with van der Waals surface area (Å²) in [6.45, 7) is 4.36. The van der Waals surface area contributed by atoms with Crippen LogP contribution in [0.25, 0.3) is 0 Å². The second kappa shape index (κ2) is 6.52. The molecule has 0 fully saturated rings. The van der Waals surface area contributed by atoms with Crippen molar-refractivity contribution >= 4 is 29.2 Å². The van der Waals surface area contributed by atoms with Gasteiger partial charge in [0.05, 0.1) is 5.69 Å². The maximum atomic E-state index is 13.9. The molecule has 0 bridgehead atoms. The van der Waals surface area contributed by atoms with Gasteiger partial charge in [-0.2, -0.15) is 5.11 Å². The highest BCUT2D eigenvalue weighted by molar-refractivity contribution is 6.70. The van der Waals surface area contributed by atoms with Crippen LogP contribution in [0.1, 0.15) is 0 Å². The second-order valence-corrected chi connectivity index (χ2v) is 5.48. The van der Waals surface area contributed by atoms with Crippen molar-refractivity contribution in [2.24, 2.45) is 10.2 Å². The summed E-state index contributed by atoms with van der Waals surface area (Å²) in [5.41, 5.74) is 3.01. The molecule has 0 spiro atoms. The summed E-state index contributed by atoms with van der Waals surface area (Å²) in [6.07, 6.45) is 0. The molecule has 2 rings (SSSR count). The molecule has 0 aliphatic carbocycles. The fourth-order valence-corrected chi connectivity index (χ4v) is 1.89. The van der Waals surface area contributed by atoms with Crippen LogP contribution in [0.3, 0.4) is 0 Å². The largest absolute Gasteiger partial charge is 0.378 e. The van der Waals surface area contributed by atoms with Gasteiger partial charge in [-0.15, -0.1) is 5.11 Å². The maximum Gasteiger partial charge on any atom is 0.169 e. The molecule has 2 aromatic carbocycles. The molecule has 21 heavy (non-hydrogen) atoms. The lowest BCUT2D eigenvalue weighted by Crippen LogP contribution is -2.22. The van der Waals surface area contributed by atoms with E-state index in [0.717, 1.165) is 11.2 Å². The van der Waals surface area contributed by atoms with E-state index in [2.05, 4.69) is 10.2 Å². The standard InChI is InChI=1S/C16H19BFN3/c1-17(2)12-5-10-16(15(18)11-12)20-19-13-6-8-14(9-7-13)21(3)4/h5-11H,1-4H3/b20-19+. The molecule has 0 aliphatic heterocycles. The van der Waals surface area contributed by atoms with Gasteiger partial charge in [0, 0.05) is 19.8 Å². The van der Waals surface area contributed by atoms with Crippen LogP contribution >= 0.6 is 0 Å². The Labute approximate surface area is 125 Å². The molecule has 0 aromatic heterocycles. The number of benzene rings is 2. The van der Waals surface area contributed by atoms with Crippen LogP contribution in [0.2, 0.25) is 13.6 Å². The Morgan fingerprint density at radius 3 is 2.14 bits per heavy atom. The van der Waals surface area contributed by atoms with E-state index < -0.39 is 0 Å². The highest BCUT2D eigenvalue weighted by Gasteiger charge is 2.07. The molecule has 108 valence electrons. The van der Waals surface area contributed by atoms with Crippen molar-refractivity contribution in [3.63, 3.8) is 0 Å². The Morgan fingerprint density at radius 2 is 1.62 bits per heavy atom. The Hall–Kier alpha value is -2.17. The third-order valence-corrected chi connectivity index (χ3v) is 3.28. The van der Waals surface area contributed by atoms with E-state index in [1.165, 1.54) is 6.07 Å². The summed E-state index contributed by atoms with van der Waals surface area (Å²) in [5.74, 6) is -0.338. The topological polar surface area (TPSA) is 28.0 Å². The SMILES string of the molecule is CB(C)c1ccc(/N=N/c2ccc(N(C)C)cc2)c(F)c1. The van der Waals surface area contributed by atoms with Crippen molar-refractivity contribution < 1.29 is 4.39 Å². The van der Waals surface area contributed by atoms with Gasteiger partial charge in [0.25, 0.3) is 0 Å². The third kappa shape index (κ3) is 3.91. The Kier molecular flexibility index (Phi) is 4.73. The number of hydrogen-bond donors (Lipinski definition) is 0. The van der Waals surface area contributed by atoms with Crippen molar-refractivity contribution in [1.29, 1.82) is 0 Å². The van der Waals surface area contributed by atoms with E-state index in [9.17, 15) is 4.39 Å². The fraction of sp³-hybridized carbons (Fsp3) is 0.250. The van der Waals surface area contributed by atoms with E-state index in [0.29, 0.717) is 12.4 Å². The number of nitrogens with zero attached hydrogens (tertiary/aromatic N) is 3. The van der Waals surface area contributed by atoms with Gasteiger partial charge in [-0.3, -0.25) is 0 Å². The Morgan fingerprint density at radius 1 is 0.952 bits per heavy atom. The molecule has 0 atom stereocenters. The minimum Gasteiger partial charge on any atom is -0.378 e. The molecule has 0 saturated carbocycles. The first-order chi connectivity index (χ1) is 9.97. The summed E-state index contributed by atoms with van der Waals surface area (Å²) < 4.78 is 13.9. The van der Waals surface area contributed by atoms with Crippen LogP contribution < -0.4 is 10.4 Å². The number of rotatable bonds is 4. The normalized spacial score (nSPS) is 10.9. The lowest BCUT2D eigenvalue weighted by atomic mass is 9.49. The molecule has 0 heterocycles. The van der Waals surface area contributed by atoms with E-state index in [1.54, 1.807) is 6.07 Å². The van der Waals surface area contributed by atoms with Crippen LogP contribution in [-0.4, -0.2) is 20.8 Å². The monoisotopic (exact) mass is 283 g/mol. The zero-order valence-electron chi connectivity index (χ0n) is 12.8. The molecule has 5 heteroatoms. The lowest BCUT2D eigenvalue weighted by molar-refractivity contribution is 0.629. The molecule has 0 saturated heterocycles. The second-order valence-electron chi connectivity index (χ2n) is 5.48. The van der Waals surface area contributed by atoms with Crippen LogP contribution in [-0.2, 0) is 0 Å². The summed E-state index contributed by atoms with van der Waals surface area (Å²) in [4.78, 5) is 2.01. The zero-order chi connectivity index (χ0) is 15.4. The van der Waals surface area contributed by atoms with E-state index >= 15 is 0 Å². The Balaban J connectivity index is 2.17. The molecule has 0 unspecified atom stereocenters. The molecular weight excluding hydrogens is 264 g/mol. The van der Waals surface area contributed by atoms with Gasteiger partial charge in [-0.05, 0) is 36.4 Å². The van der Waals surface area contributed by atoms with Gasteiger partial charge >= 0.3 is 0 Å². The predicted molar refractivity (Wildman–Crippen MR) is 88.5 cm³/mol. The molecule has 2 aromatic rings. The number of hydrogen-bond acceptors (Lipinski definition) is 3. The molecule has 0 radical (unpaired) electrons. The van der Waals surface area contributed by atoms with Gasteiger partial charge in [-0.25, -0.2) is 4.39 Å². The summed E-state index contributed by atoms with van der Waals surface area (Å²) in [7, 11) is 3.95. The van der Waals surface area contributed by atoms with Crippen LogP contribution in [0.5, 0.6) is 0 Å². The van der Waals surface area contributed by atoms with Crippen molar-refractivity contribution in [2.45, 2.75) is 13.6 Å². The first-order valence-corrected chi connectivity index (χ1v) is 6.96. The van der Waals surface area contributed by atoms with Gasteiger partial charge in [0.2, 0.25) is 0 Å². The molecule has 0 amide bonds. The van der Waals surface area contributed by atoms with Crippen LogP contribution in [0.15, 0.2) is 52.7 Å². The van der Waals surface area contributed by atoms with E-state index in [-0.39, 0.29) is 11.5 Å². The highest BCUT2D eigenvalue weighted by Crippen LogP contribution is 2.22. The average molecular weight is 283 g/mol. The molecule has 3 nitrogen and oxygen atoms in total. The zero-order valence-corrected chi connectivity index (χ0v) is 12.8. The van der Waals surface area contributed by atoms with Crippen molar-refractivity contribution in [1.82, 2.24) is 0 Å². The smallest absolute Gasteiger partial charge is 0.169 e. The quantitative estimate of drug-likeness (QED) is 0.608. The van der Waals surface area contributed by atoms with Gasteiger partial charge in [0.1, 0.15) is 11.5 Å². The summed E-state index contributed by atoms with van der Waals surface area (Å²) >= 11 is 0. The predicted octanol–water partition coefficient (Wildman–Crippen LogP) is 4.27. The fourth-order valence-electron chi connectivity index (χ4n) is 1.89. The maximum absolute atomic E-state index is 13.9. The first-order valence-electron chi connectivity index (χ1n) is 6.96. The van der Waals surface area contributed by atoms with E-state index in [1.807, 2.05) is 63.0 Å². The highest BCUT2D eigenvalue weighted by atomic mass is 19.1. The van der Waals surface area contributed by atoms with E-state index in [4.69, 9.17) is 0 Å².